The van der Waals surface area contributed by atoms with Gasteiger partial charge in [0, 0.05) is 13.0 Å². The van der Waals surface area contributed by atoms with Crippen molar-refractivity contribution in [1.82, 2.24) is 5.32 Å². The molecule has 2 nitrogen and oxygen atoms in total. The summed E-state index contributed by atoms with van der Waals surface area (Å²) >= 11 is 0. The molecular formula is C10H19NO. The average molecular weight is 169 g/mol. The molecule has 0 spiro atoms. The number of amides is 1. The van der Waals surface area contributed by atoms with Gasteiger partial charge in [-0.2, -0.15) is 0 Å². The zero-order valence-electron chi connectivity index (χ0n) is 8.15. The van der Waals surface area contributed by atoms with Crippen molar-refractivity contribution in [3.05, 3.63) is 0 Å². The van der Waals surface area contributed by atoms with Crippen molar-refractivity contribution in [3.63, 3.8) is 0 Å². The smallest absolute Gasteiger partial charge is 0.220 e. The molecule has 12 heavy (non-hydrogen) atoms. The zero-order valence-corrected chi connectivity index (χ0v) is 8.15. The minimum Gasteiger partial charge on any atom is -0.356 e. The molecule has 1 heterocycles. The molecule has 1 aliphatic rings. The van der Waals surface area contributed by atoms with Crippen LogP contribution in [0.2, 0.25) is 0 Å². The molecule has 1 N–H and O–H groups in total. The Bertz CT molecular complexity index is 167. The van der Waals surface area contributed by atoms with E-state index in [9.17, 15) is 4.79 Å². The summed E-state index contributed by atoms with van der Waals surface area (Å²) in [6, 6.07) is 0. The SMILES string of the molecule is CCCCC1(CC)CNC(=O)C1. The highest BCUT2D eigenvalue weighted by Gasteiger charge is 2.35. The van der Waals surface area contributed by atoms with Crippen LogP contribution >= 0.6 is 0 Å². The molecular weight excluding hydrogens is 150 g/mol. The lowest BCUT2D eigenvalue weighted by molar-refractivity contribution is -0.119. The van der Waals surface area contributed by atoms with Crippen LogP contribution in [0.3, 0.4) is 0 Å². The van der Waals surface area contributed by atoms with Crippen LogP contribution in [0.5, 0.6) is 0 Å². The van der Waals surface area contributed by atoms with Gasteiger partial charge >= 0.3 is 0 Å². The van der Waals surface area contributed by atoms with Crippen molar-refractivity contribution in [3.8, 4) is 0 Å². The van der Waals surface area contributed by atoms with Crippen LogP contribution in [0.4, 0.5) is 0 Å². The minimum atomic E-state index is 0.243. The quantitative estimate of drug-likeness (QED) is 0.686. The Hall–Kier alpha value is -0.530. The van der Waals surface area contributed by atoms with Gasteiger partial charge in [0.15, 0.2) is 0 Å². The van der Waals surface area contributed by atoms with Gasteiger partial charge in [-0.1, -0.05) is 26.7 Å². The molecule has 1 aliphatic heterocycles. The highest BCUT2D eigenvalue weighted by molar-refractivity contribution is 5.79. The van der Waals surface area contributed by atoms with Crippen molar-refractivity contribution in [1.29, 1.82) is 0 Å². The van der Waals surface area contributed by atoms with Crippen LogP contribution in [0, 0.1) is 5.41 Å². The van der Waals surface area contributed by atoms with Crippen LogP contribution in [0.1, 0.15) is 46.0 Å². The van der Waals surface area contributed by atoms with E-state index in [-0.39, 0.29) is 5.91 Å². The van der Waals surface area contributed by atoms with Gasteiger partial charge in [0.1, 0.15) is 0 Å². The summed E-state index contributed by atoms with van der Waals surface area (Å²) in [4.78, 5) is 11.1. The zero-order chi connectivity index (χ0) is 9.03. The van der Waals surface area contributed by atoms with Gasteiger partial charge in [-0.05, 0) is 18.3 Å². The number of carbonyl (C=O) groups is 1. The Morgan fingerprint density at radius 2 is 2.25 bits per heavy atom. The second-order valence-corrected chi connectivity index (χ2v) is 3.91. The van der Waals surface area contributed by atoms with E-state index in [0.29, 0.717) is 5.41 Å². The Labute approximate surface area is 74.7 Å². The number of carbonyl (C=O) groups excluding carboxylic acids is 1. The first-order chi connectivity index (χ1) is 5.72. The molecule has 0 aromatic heterocycles. The molecule has 1 saturated heterocycles. The molecule has 1 amide bonds. The number of unbranched alkanes of at least 4 members (excludes halogenated alkanes) is 1. The van der Waals surface area contributed by atoms with E-state index in [4.69, 9.17) is 0 Å². The first-order valence-corrected chi connectivity index (χ1v) is 4.99. The number of nitrogens with one attached hydrogen (secondary N) is 1. The predicted molar refractivity (Wildman–Crippen MR) is 49.9 cm³/mol. The largest absolute Gasteiger partial charge is 0.356 e. The predicted octanol–water partition coefficient (Wildman–Crippen LogP) is 2.09. The molecule has 0 aliphatic carbocycles. The molecule has 1 atom stereocenters. The number of hydrogen-bond acceptors (Lipinski definition) is 1. The molecule has 70 valence electrons. The Morgan fingerprint density at radius 3 is 2.67 bits per heavy atom. The maximum Gasteiger partial charge on any atom is 0.220 e. The summed E-state index contributed by atoms with van der Waals surface area (Å²) in [5.41, 5.74) is 0.299. The van der Waals surface area contributed by atoms with Gasteiger partial charge in [0.2, 0.25) is 5.91 Å². The molecule has 1 rings (SSSR count). The second kappa shape index (κ2) is 3.92. The molecule has 0 radical (unpaired) electrons. The van der Waals surface area contributed by atoms with Gasteiger partial charge in [-0.3, -0.25) is 4.79 Å². The van der Waals surface area contributed by atoms with Gasteiger partial charge in [0.05, 0.1) is 0 Å². The minimum absolute atomic E-state index is 0.243. The first kappa shape index (κ1) is 9.56. The molecule has 0 saturated carbocycles. The average Bonchev–Trinajstić information content (AvgIpc) is 2.45. The third-order valence-corrected chi connectivity index (χ3v) is 3.01. The van der Waals surface area contributed by atoms with E-state index in [2.05, 4.69) is 19.2 Å². The highest BCUT2D eigenvalue weighted by Crippen LogP contribution is 2.35. The topological polar surface area (TPSA) is 29.1 Å². The van der Waals surface area contributed by atoms with E-state index in [1.54, 1.807) is 0 Å². The van der Waals surface area contributed by atoms with E-state index in [0.717, 1.165) is 19.4 Å². The lowest BCUT2D eigenvalue weighted by Crippen LogP contribution is -2.23. The van der Waals surface area contributed by atoms with E-state index >= 15 is 0 Å². The third-order valence-electron chi connectivity index (χ3n) is 3.01. The summed E-state index contributed by atoms with van der Waals surface area (Å²) < 4.78 is 0. The maximum atomic E-state index is 11.1. The van der Waals surface area contributed by atoms with Crippen molar-refractivity contribution in [2.75, 3.05) is 6.54 Å². The molecule has 0 aromatic carbocycles. The fourth-order valence-electron chi connectivity index (χ4n) is 1.91. The van der Waals surface area contributed by atoms with Gasteiger partial charge in [0.25, 0.3) is 0 Å². The summed E-state index contributed by atoms with van der Waals surface area (Å²) in [7, 11) is 0. The lowest BCUT2D eigenvalue weighted by atomic mass is 9.79. The van der Waals surface area contributed by atoms with Crippen LogP contribution in [0.25, 0.3) is 0 Å². The van der Waals surface area contributed by atoms with Crippen molar-refractivity contribution < 1.29 is 4.79 Å². The Balaban J connectivity index is 2.46. The maximum absolute atomic E-state index is 11.1. The standard InChI is InChI=1S/C10H19NO/c1-3-5-6-10(4-2)7-9(12)11-8-10/h3-8H2,1-2H3,(H,11,12). The normalized spacial score (nSPS) is 29.0. The molecule has 2 heteroatoms. The highest BCUT2D eigenvalue weighted by atomic mass is 16.1. The Morgan fingerprint density at radius 1 is 1.50 bits per heavy atom. The van der Waals surface area contributed by atoms with Gasteiger partial charge < -0.3 is 5.32 Å². The first-order valence-electron chi connectivity index (χ1n) is 4.99. The monoisotopic (exact) mass is 169 g/mol. The van der Waals surface area contributed by atoms with Crippen molar-refractivity contribution >= 4 is 5.91 Å². The lowest BCUT2D eigenvalue weighted by Gasteiger charge is -2.24. The molecule has 0 bridgehead atoms. The van der Waals surface area contributed by atoms with Gasteiger partial charge in [-0.15, -0.1) is 0 Å². The fraction of sp³-hybridized carbons (Fsp3) is 0.900. The molecule has 1 unspecified atom stereocenters. The molecule has 0 aromatic rings. The van der Waals surface area contributed by atoms with E-state index < -0.39 is 0 Å². The summed E-state index contributed by atoms with van der Waals surface area (Å²) in [6.45, 7) is 5.30. The third kappa shape index (κ3) is 1.99. The van der Waals surface area contributed by atoms with Crippen LogP contribution in [-0.2, 0) is 4.79 Å². The van der Waals surface area contributed by atoms with Crippen LogP contribution in [0.15, 0.2) is 0 Å². The summed E-state index contributed by atoms with van der Waals surface area (Å²) in [6.07, 6.45) is 5.58. The summed E-state index contributed by atoms with van der Waals surface area (Å²) in [5.74, 6) is 0.243. The number of rotatable bonds is 4. The van der Waals surface area contributed by atoms with Crippen LogP contribution < -0.4 is 5.32 Å². The van der Waals surface area contributed by atoms with Crippen LogP contribution in [-0.4, -0.2) is 12.5 Å². The second-order valence-electron chi connectivity index (χ2n) is 3.91. The van der Waals surface area contributed by atoms with E-state index in [1.807, 2.05) is 0 Å². The number of hydrogen-bond donors (Lipinski definition) is 1. The molecule has 1 fully saturated rings. The van der Waals surface area contributed by atoms with Crippen molar-refractivity contribution in [2.45, 2.75) is 46.0 Å². The summed E-state index contributed by atoms with van der Waals surface area (Å²) in [5, 5.41) is 2.93. The van der Waals surface area contributed by atoms with Gasteiger partial charge in [-0.25, -0.2) is 0 Å². The Kier molecular flexibility index (Phi) is 3.12. The van der Waals surface area contributed by atoms with Crippen molar-refractivity contribution in [2.24, 2.45) is 5.41 Å². The fourth-order valence-corrected chi connectivity index (χ4v) is 1.91. The van der Waals surface area contributed by atoms with E-state index in [1.165, 1.54) is 19.3 Å².